The van der Waals surface area contributed by atoms with E-state index >= 15 is 0 Å². The largest absolute Gasteiger partial charge is 0.396 e. The molecule has 2 aromatic rings. The topological polar surface area (TPSA) is 75.0 Å². The first-order valence-electron chi connectivity index (χ1n) is 5.46. The molecule has 0 spiro atoms. The normalized spacial score (nSPS) is 10.5. The zero-order chi connectivity index (χ0) is 14.0. The maximum absolute atomic E-state index is 12.1. The van der Waals surface area contributed by atoms with Gasteiger partial charge >= 0.3 is 0 Å². The van der Waals surface area contributed by atoms with E-state index in [1.807, 2.05) is 0 Å². The Bertz CT molecular complexity index is 591. The average Bonchev–Trinajstić information content (AvgIpc) is 2.73. The number of carbonyl (C=O) groups is 1. The van der Waals surface area contributed by atoms with Gasteiger partial charge in [-0.25, -0.2) is 0 Å². The van der Waals surface area contributed by atoms with Crippen LogP contribution in [0.25, 0.3) is 0 Å². The molecule has 0 radical (unpaired) electrons. The predicted octanol–water partition coefficient (Wildman–Crippen LogP) is 2.57. The van der Waals surface area contributed by atoms with Crippen molar-refractivity contribution < 1.29 is 4.79 Å². The van der Waals surface area contributed by atoms with Gasteiger partial charge < -0.3 is 10.6 Å². The van der Waals surface area contributed by atoms with E-state index in [4.69, 9.17) is 28.9 Å². The molecular formula is C12H12Cl2N4O. The standard InChI is InChI=1S/C12H12Cl2N4O/c1-18(12(19)11-10(15)5-16-17-11)6-7-2-8(13)4-9(14)3-7/h2-5H,6,15H2,1H3,(H,16,17). The van der Waals surface area contributed by atoms with Crippen molar-refractivity contribution in [3.63, 3.8) is 0 Å². The van der Waals surface area contributed by atoms with Crippen molar-refractivity contribution in [2.24, 2.45) is 0 Å². The van der Waals surface area contributed by atoms with Crippen LogP contribution in [0.2, 0.25) is 10.0 Å². The van der Waals surface area contributed by atoms with Crippen LogP contribution < -0.4 is 5.73 Å². The molecule has 19 heavy (non-hydrogen) atoms. The van der Waals surface area contributed by atoms with Crippen LogP contribution in [0.5, 0.6) is 0 Å². The molecule has 0 atom stereocenters. The minimum atomic E-state index is -0.244. The van der Waals surface area contributed by atoms with Gasteiger partial charge in [-0.1, -0.05) is 23.2 Å². The molecule has 3 N–H and O–H groups in total. The van der Waals surface area contributed by atoms with E-state index in [1.54, 1.807) is 25.2 Å². The molecule has 1 heterocycles. The lowest BCUT2D eigenvalue weighted by Gasteiger charge is -2.17. The molecule has 0 aliphatic heterocycles. The molecule has 0 aliphatic carbocycles. The Morgan fingerprint density at radius 3 is 2.53 bits per heavy atom. The summed E-state index contributed by atoms with van der Waals surface area (Å²) in [6, 6.07) is 5.16. The number of carbonyl (C=O) groups excluding carboxylic acids is 1. The summed E-state index contributed by atoms with van der Waals surface area (Å²) in [4.78, 5) is 13.6. The predicted molar refractivity (Wildman–Crippen MR) is 75.3 cm³/mol. The maximum Gasteiger partial charge on any atom is 0.274 e. The van der Waals surface area contributed by atoms with Crippen LogP contribution in [0, 0.1) is 0 Å². The molecule has 100 valence electrons. The second-order valence-corrected chi connectivity index (χ2v) is 5.01. The van der Waals surface area contributed by atoms with E-state index in [0.29, 0.717) is 22.3 Å². The van der Waals surface area contributed by atoms with Gasteiger partial charge in [0, 0.05) is 23.6 Å². The number of H-pyrrole nitrogens is 1. The van der Waals surface area contributed by atoms with Crippen LogP contribution in [0.4, 0.5) is 5.69 Å². The number of anilines is 1. The van der Waals surface area contributed by atoms with Crippen LogP contribution >= 0.6 is 23.2 Å². The molecule has 0 unspecified atom stereocenters. The highest BCUT2D eigenvalue weighted by molar-refractivity contribution is 6.34. The maximum atomic E-state index is 12.1. The van der Waals surface area contributed by atoms with Crippen molar-refractivity contribution in [3.8, 4) is 0 Å². The lowest BCUT2D eigenvalue weighted by Crippen LogP contribution is -2.27. The minimum Gasteiger partial charge on any atom is -0.396 e. The third-order valence-electron chi connectivity index (χ3n) is 2.57. The summed E-state index contributed by atoms with van der Waals surface area (Å²) in [6.45, 7) is 0.373. The molecular weight excluding hydrogens is 287 g/mol. The fraction of sp³-hybridized carbons (Fsp3) is 0.167. The number of nitrogens with zero attached hydrogens (tertiary/aromatic N) is 2. The minimum absolute atomic E-state index is 0.244. The summed E-state index contributed by atoms with van der Waals surface area (Å²) in [5.41, 5.74) is 7.07. The van der Waals surface area contributed by atoms with Gasteiger partial charge in [0.1, 0.15) is 5.69 Å². The smallest absolute Gasteiger partial charge is 0.274 e. The van der Waals surface area contributed by atoms with Gasteiger partial charge in [-0.15, -0.1) is 0 Å². The lowest BCUT2D eigenvalue weighted by atomic mass is 10.2. The molecule has 2 rings (SSSR count). The highest BCUT2D eigenvalue weighted by Gasteiger charge is 2.16. The van der Waals surface area contributed by atoms with Crippen LogP contribution in [-0.2, 0) is 6.54 Å². The lowest BCUT2D eigenvalue weighted by molar-refractivity contribution is 0.0780. The number of nitrogens with one attached hydrogen (secondary N) is 1. The second-order valence-electron chi connectivity index (χ2n) is 4.14. The number of aromatic nitrogens is 2. The molecule has 0 fully saturated rings. The van der Waals surface area contributed by atoms with E-state index < -0.39 is 0 Å². The molecule has 0 aliphatic rings. The number of amides is 1. The van der Waals surface area contributed by atoms with Crippen molar-refractivity contribution in [2.45, 2.75) is 6.54 Å². The fourth-order valence-corrected chi connectivity index (χ4v) is 2.28. The third kappa shape index (κ3) is 3.19. The van der Waals surface area contributed by atoms with Gasteiger partial charge in [-0.05, 0) is 23.8 Å². The van der Waals surface area contributed by atoms with E-state index in [0.717, 1.165) is 5.56 Å². The van der Waals surface area contributed by atoms with Gasteiger partial charge in [0.2, 0.25) is 0 Å². The zero-order valence-electron chi connectivity index (χ0n) is 10.2. The highest BCUT2D eigenvalue weighted by Crippen LogP contribution is 2.20. The first-order chi connectivity index (χ1) is 8.97. The summed E-state index contributed by atoms with van der Waals surface area (Å²) in [5, 5.41) is 7.36. The van der Waals surface area contributed by atoms with Crippen molar-refractivity contribution in [2.75, 3.05) is 12.8 Å². The number of rotatable bonds is 3. The van der Waals surface area contributed by atoms with Crippen LogP contribution in [-0.4, -0.2) is 28.1 Å². The summed E-state index contributed by atoms with van der Waals surface area (Å²) < 4.78 is 0. The number of benzene rings is 1. The van der Waals surface area contributed by atoms with E-state index in [1.165, 1.54) is 11.1 Å². The Morgan fingerprint density at radius 2 is 2.00 bits per heavy atom. The Kier molecular flexibility index (Phi) is 3.97. The molecule has 5 nitrogen and oxygen atoms in total. The van der Waals surface area contributed by atoms with Gasteiger partial charge in [0.15, 0.2) is 0 Å². The molecule has 0 saturated carbocycles. The highest BCUT2D eigenvalue weighted by atomic mass is 35.5. The van der Waals surface area contributed by atoms with Crippen LogP contribution in [0.1, 0.15) is 16.1 Å². The summed E-state index contributed by atoms with van der Waals surface area (Å²) >= 11 is 11.8. The Balaban J connectivity index is 2.15. The quantitative estimate of drug-likeness (QED) is 0.914. The number of hydrogen-bond acceptors (Lipinski definition) is 3. The van der Waals surface area contributed by atoms with Crippen molar-refractivity contribution in [3.05, 3.63) is 45.7 Å². The molecule has 1 amide bonds. The number of nitrogen functional groups attached to an aromatic ring is 1. The van der Waals surface area contributed by atoms with Crippen molar-refractivity contribution >= 4 is 34.8 Å². The van der Waals surface area contributed by atoms with Gasteiger partial charge in [0.05, 0.1) is 11.9 Å². The SMILES string of the molecule is CN(Cc1cc(Cl)cc(Cl)c1)C(=O)c1[nH]ncc1N. The number of nitrogens with two attached hydrogens (primary N) is 1. The Morgan fingerprint density at radius 1 is 1.37 bits per heavy atom. The third-order valence-corrected chi connectivity index (χ3v) is 3.01. The Hall–Kier alpha value is -1.72. The van der Waals surface area contributed by atoms with E-state index in [2.05, 4.69) is 10.2 Å². The number of hydrogen-bond donors (Lipinski definition) is 2. The van der Waals surface area contributed by atoms with Crippen LogP contribution in [0.15, 0.2) is 24.4 Å². The fourth-order valence-electron chi connectivity index (χ4n) is 1.71. The Labute approximate surface area is 120 Å². The zero-order valence-corrected chi connectivity index (χ0v) is 11.7. The van der Waals surface area contributed by atoms with Crippen molar-refractivity contribution in [1.29, 1.82) is 0 Å². The monoisotopic (exact) mass is 298 g/mol. The average molecular weight is 299 g/mol. The number of aromatic amines is 1. The number of halogens is 2. The van der Waals surface area contributed by atoms with E-state index in [9.17, 15) is 4.79 Å². The molecule has 1 aromatic carbocycles. The van der Waals surface area contributed by atoms with Gasteiger partial charge in [-0.3, -0.25) is 9.89 Å². The van der Waals surface area contributed by atoms with Gasteiger partial charge in [0.25, 0.3) is 5.91 Å². The summed E-state index contributed by atoms with van der Waals surface area (Å²) in [5.74, 6) is -0.244. The molecule has 1 aromatic heterocycles. The molecule has 7 heteroatoms. The first-order valence-corrected chi connectivity index (χ1v) is 6.22. The van der Waals surface area contributed by atoms with Gasteiger partial charge in [-0.2, -0.15) is 5.10 Å². The van der Waals surface area contributed by atoms with E-state index in [-0.39, 0.29) is 11.6 Å². The summed E-state index contributed by atoms with van der Waals surface area (Å²) in [6.07, 6.45) is 1.40. The summed E-state index contributed by atoms with van der Waals surface area (Å²) in [7, 11) is 1.66. The van der Waals surface area contributed by atoms with Crippen LogP contribution in [0.3, 0.4) is 0 Å². The second kappa shape index (κ2) is 5.50. The van der Waals surface area contributed by atoms with Crippen molar-refractivity contribution in [1.82, 2.24) is 15.1 Å². The molecule has 0 saturated heterocycles. The first kappa shape index (κ1) is 13.7. The molecule has 0 bridgehead atoms.